The second-order valence-electron chi connectivity index (χ2n) is 1.52. The SMILES string of the molecule is CC(=O)NCCNC#N. The summed E-state index contributed by atoms with van der Waals surface area (Å²) in [6, 6.07) is 0. The third-order valence-corrected chi connectivity index (χ3v) is 0.703. The van der Waals surface area contributed by atoms with Crippen LogP contribution in [0.25, 0.3) is 0 Å². The molecule has 0 aromatic carbocycles. The smallest absolute Gasteiger partial charge is 0.216 e. The monoisotopic (exact) mass is 127 g/mol. The maximum Gasteiger partial charge on any atom is 0.216 e. The Morgan fingerprint density at radius 2 is 2.33 bits per heavy atom. The summed E-state index contributed by atoms with van der Waals surface area (Å²) in [5, 5.41) is 12.9. The van der Waals surface area contributed by atoms with Crippen LogP contribution in [0.5, 0.6) is 0 Å². The topological polar surface area (TPSA) is 64.9 Å². The number of hydrogen-bond donors (Lipinski definition) is 2. The second-order valence-corrected chi connectivity index (χ2v) is 1.52. The van der Waals surface area contributed by atoms with E-state index in [0.717, 1.165) is 0 Å². The van der Waals surface area contributed by atoms with E-state index in [-0.39, 0.29) is 5.91 Å². The van der Waals surface area contributed by atoms with Gasteiger partial charge >= 0.3 is 0 Å². The fourth-order valence-electron chi connectivity index (χ4n) is 0.357. The summed E-state index contributed by atoms with van der Waals surface area (Å²) in [6.45, 7) is 2.44. The molecule has 0 aliphatic carbocycles. The van der Waals surface area contributed by atoms with Gasteiger partial charge in [0.15, 0.2) is 6.19 Å². The fraction of sp³-hybridized carbons (Fsp3) is 0.600. The van der Waals surface area contributed by atoms with Crippen molar-refractivity contribution in [2.24, 2.45) is 0 Å². The molecule has 2 N–H and O–H groups in total. The van der Waals surface area contributed by atoms with Crippen LogP contribution in [0, 0.1) is 11.5 Å². The van der Waals surface area contributed by atoms with Crippen LogP contribution in [0.3, 0.4) is 0 Å². The third kappa shape index (κ3) is 6.76. The minimum atomic E-state index is -0.0743. The number of hydrogen-bond acceptors (Lipinski definition) is 3. The highest BCUT2D eigenvalue weighted by Gasteiger charge is 1.86. The predicted molar refractivity (Wildman–Crippen MR) is 32.3 cm³/mol. The summed E-state index contributed by atoms with van der Waals surface area (Å²) in [5.74, 6) is -0.0743. The summed E-state index contributed by atoms with van der Waals surface area (Å²) >= 11 is 0. The number of amides is 1. The standard InChI is InChI=1S/C5H9N3O/c1-5(9)8-3-2-7-4-6/h7H,2-3H2,1H3,(H,8,9). The molecule has 0 rings (SSSR count). The summed E-state index contributed by atoms with van der Waals surface area (Å²) in [7, 11) is 0. The number of rotatable bonds is 3. The molecule has 0 unspecified atom stereocenters. The van der Waals surface area contributed by atoms with Crippen LogP contribution in [-0.2, 0) is 4.79 Å². The van der Waals surface area contributed by atoms with E-state index in [4.69, 9.17) is 5.26 Å². The lowest BCUT2D eigenvalue weighted by atomic mass is 10.6. The van der Waals surface area contributed by atoms with Gasteiger partial charge in [-0.05, 0) is 0 Å². The van der Waals surface area contributed by atoms with Crippen LogP contribution in [0.4, 0.5) is 0 Å². The molecule has 9 heavy (non-hydrogen) atoms. The molecular formula is C5H9N3O. The average Bonchev–Trinajstić information content (AvgIpc) is 1.80. The molecule has 0 aliphatic rings. The van der Waals surface area contributed by atoms with E-state index in [2.05, 4.69) is 10.6 Å². The number of carbonyl (C=O) groups excluding carboxylic acids is 1. The highest BCUT2D eigenvalue weighted by Crippen LogP contribution is 1.58. The number of nitrogens with zero attached hydrogens (tertiary/aromatic N) is 1. The maximum atomic E-state index is 10.2. The van der Waals surface area contributed by atoms with Crippen molar-refractivity contribution in [2.45, 2.75) is 6.92 Å². The molecule has 4 heteroatoms. The molecule has 0 saturated heterocycles. The molecule has 0 atom stereocenters. The molecule has 0 heterocycles. The summed E-state index contributed by atoms with van der Waals surface area (Å²) < 4.78 is 0. The molecule has 0 spiro atoms. The number of carbonyl (C=O) groups is 1. The minimum absolute atomic E-state index is 0.0743. The number of nitrogens with one attached hydrogen (secondary N) is 2. The fourth-order valence-corrected chi connectivity index (χ4v) is 0.357. The molecule has 4 nitrogen and oxygen atoms in total. The predicted octanol–water partition coefficient (Wildman–Crippen LogP) is -0.807. The van der Waals surface area contributed by atoms with Gasteiger partial charge < -0.3 is 10.6 Å². The largest absolute Gasteiger partial charge is 0.355 e. The van der Waals surface area contributed by atoms with Crippen molar-refractivity contribution in [3.05, 3.63) is 0 Å². The van der Waals surface area contributed by atoms with Crippen molar-refractivity contribution in [3.8, 4) is 6.19 Å². The van der Waals surface area contributed by atoms with Crippen molar-refractivity contribution < 1.29 is 4.79 Å². The molecule has 0 aliphatic heterocycles. The lowest BCUT2D eigenvalue weighted by molar-refractivity contribution is -0.118. The Labute approximate surface area is 53.9 Å². The Bertz CT molecular complexity index is 127. The van der Waals surface area contributed by atoms with E-state index in [0.29, 0.717) is 13.1 Å². The van der Waals surface area contributed by atoms with Crippen molar-refractivity contribution in [2.75, 3.05) is 13.1 Å². The van der Waals surface area contributed by atoms with E-state index in [9.17, 15) is 4.79 Å². The molecule has 0 fully saturated rings. The zero-order chi connectivity index (χ0) is 7.11. The molecule has 50 valence electrons. The Kier molecular flexibility index (Phi) is 4.23. The van der Waals surface area contributed by atoms with Crippen molar-refractivity contribution in [1.82, 2.24) is 10.6 Å². The second kappa shape index (κ2) is 4.91. The lowest BCUT2D eigenvalue weighted by Crippen LogP contribution is -2.28. The first-order chi connectivity index (χ1) is 4.27. The molecule has 0 bridgehead atoms. The van der Waals surface area contributed by atoms with Gasteiger partial charge in [-0.2, -0.15) is 5.26 Å². The van der Waals surface area contributed by atoms with Gasteiger partial charge in [0.1, 0.15) is 0 Å². The van der Waals surface area contributed by atoms with Gasteiger partial charge in [-0.3, -0.25) is 4.79 Å². The Hall–Kier alpha value is -1.24. The van der Waals surface area contributed by atoms with Gasteiger partial charge in [0.2, 0.25) is 5.91 Å². The quantitative estimate of drug-likeness (QED) is 0.296. The summed E-state index contributed by atoms with van der Waals surface area (Å²) in [5.41, 5.74) is 0. The molecule has 0 aromatic rings. The number of nitriles is 1. The van der Waals surface area contributed by atoms with Crippen LogP contribution in [-0.4, -0.2) is 19.0 Å². The van der Waals surface area contributed by atoms with E-state index in [1.807, 2.05) is 0 Å². The first-order valence-corrected chi connectivity index (χ1v) is 2.63. The molecule has 0 radical (unpaired) electrons. The molecule has 0 aromatic heterocycles. The Morgan fingerprint density at radius 1 is 1.67 bits per heavy atom. The summed E-state index contributed by atoms with van der Waals surface area (Å²) in [4.78, 5) is 10.2. The zero-order valence-electron chi connectivity index (χ0n) is 5.27. The van der Waals surface area contributed by atoms with Crippen LogP contribution >= 0.6 is 0 Å². The summed E-state index contributed by atoms with van der Waals surface area (Å²) in [6.07, 6.45) is 1.74. The minimum Gasteiger partial charge on any atom is -0.355 e. The van der Waals surface area contributed by atoms with Gasteiger partial charge in [0.25, 0.3) is 0 Å². The zero-order valence-corrected chi connectivity index (χ0v) is 5.27. The van der Waals surface area contributed by atoms with Crippen LogP contribution in [0.1, 0.15) is 6.92 Å². The third-order valence-electron chi connectivity index (χ3n) is 0.703. The highest BCUT2D eigenvalue weighted by molar-refractivity contribution is 5.72. The normalized spacial score (nSPS) is 7.56. The highest BCUT2D eigenvalue weighted by atomic mass is 16.1. The van der Waals surface area contributed by atoms with Crippen LogP contribution in [0.2, 0.25) is 0 Å². The van der Waals surface area contributed by atoms with E-state index in [1.165, 1.54) is 6.92 Å². The lowest BCUT2D eigenvalue weighted by Gasteiger charge is -1.97. The first-order valence-electron chi connectivity index (χ1n) is 2.63. The average molecular weight is 127 g/mol. The van der Waals surface area contributed by atoms with E-state index < -0.39 is 0 Å². The van der Waals surface area contributed by atoms with E-state index >= 15 is 0 Å². The van der Waals surface area contributed by atoms with Crippen molar-refractivity contribution in [3.63, 3.8) is 0 Å². The van der Waals surface area contributed by atoms with E-state index in [1.54, 1.807) is 6.19 Å². The van der Waals surface area contributed by atoms with Crippen LogP contribution < -0.4 is 10.6 Å². The maximum absolute atomic E-state index is 10.2. The molecule has 1 amide bonds. The Balaban J connectivity index is 2.94. The van der Waals surface area contributed by atoms with Gasteiger partial charge in [0.05, 0.1) is 0 Å². The van der Waals surface area contributed by atoms with Crippen molar-refractivity contribution in [1.29, 1.82) is 5.26 Å². The van der Waals surface area contributed by atoms with Crippen molar-refractivity contribution >= 4 is 5.91 Å². The van der Waals surface area contributed by atoms with Crippen LogP contribution in [0.15, 0.2) is 0 Å². The first kappa shape index (κ1) is 7.76. The molecule has 0 saturated carbocycles. The molecular weight excluding hydrogens is 118 g/mol. The van der Waals surface area contributed by atoms with Gasteiger partial charge in [-0.15, -0.1) is 0 Å². The van der Waals surface area contributed by atoms with Gasteiger partial charge in [0, 0.05) is 20.0 Å². The Morgan fingerprint density at radius 3 is 2.78 bits per heavy atom. The van der Waals surface area contributed by atoms with Gasteiger partial charge in [-0.1, -0.05) is 0 Å². The van der Waals surface area contributed by atoms with Gasteiger partial charge in [-0.25, -0.2) is 0 Å².